The zero-order chi connectivity index (χ0) is 13.1. The van der Waals surface area contributed by atoms with E-state index in [2.05, 4.69) is 15.9 Å². The highest BCUT2D eigenvalue weighted by Crippen LogP contribution is 2.23. The van der Waals surface area contributed by atoms with E-state index in [0.717, 1.165) is 36.0 Å². The lowest BCUT2D eigenvalue weighted by atomic mass is 9.92. The lowest BCUT2D eigenvalue weighted by molar-refractivity contribution is 0.0660. The highest BCUT2D eigenvalue weighted by atomic mass is 79.9. The summed E-state index contributed by atoms with van der Waals surface area (Å²) in [6.45, 7) is 3.64. The fourth-order valence-corrected chi connectivity index (χ4v) is 2.88. The maximum Gasteiger partial charge on any atom is 0.255 e. The summed E-state index contributed by atoms with van der Waals surface area (Å²) in [6.07, 6.45) is 2.17. The number of halogens is 1. The van der Waals surface area contributed by atoms with Gasteiger partial charge in [-0.2, -0.15) is 0 Å². The van der Waals surface area contributed by atoms with Gasteiger partial charge in [0.1, 0.15) is 0 Å². The number of rotatable bonds is 2. The van der Waals surface area contributed by atoms with Crippen molar-refractivity contribution in [3.8, 4) is 0 Å². The summed E-state index contributed by atoms with van der Waals surface area (Å²) in [4.78, 5) is 14.4. The highest BCUT2D eigenvalue weighted by Gasteiger charge is 2.27. The summed E-state index contributed by atoms with van der Waals surface area (Å²) in [5.74, 6) is 0.526. The van der Waals surface area contributed by atoms with E-state index in [1.807, 2.05) is 36.1 Å². The lowest BCUT2D eigenvalue weighted by Crippen LogP contribution is -2.45. The standard InChI is InChI=1S/C14H19BrN2O/c1-10(16)11-5-4-8-17(9-11)14(18)12-6-2-3-7-13(12)15/h2-3,6-7,10-11H,4-5,8-9,16H2,1H3. The molecule has 0 spiro atoms. The molecule has 0 aromatic heterocycles. The van der Waals surface area contributed by atoms with Crippen LogP contribution >= 0.6 is 15.9 Å². The second-order valence-corrected chi connectivity index (χ2v) is 5.85. The third-order valence-electron chi connectivity index (χ3n) is 3.59. The van der Waals surface area contributed by atoms with E-state index in [-0.39, 0.29) is 11.9 Å². The molecule has 0 aliphatic carbocycles. The Morgan fingerprint density at radius 2 is 2.22 bits per heavy atom. The van der Waals surface area contributed by atoms with Gasteiger partial charge in [0.25, 0.3) is 5.91 Å². The van der Waals surface area contributed by atoms with Gasteiger partial charge in [-0.05, 0) is 53.7 Å². The first-order chi connectivity index (χ1) is 8.59. The fraction of sp³-hybridized carbons (Fsp3) is 0.500. The van der Waals surface area contributed by atoms with Crippen molar-refractivity contribution in [3.05, 3.63) is 34.3 Å². The zero-order valence-corrected chi connectivity index (χ0v) is 12.2. The van der Waals surface area contributed by atoms with Crippen LogP contribution in [0.2, 0.25) is 0 Å². The van der Waals surface area contributed by atoms with Gasteiger partial charge in [0.05, 0.1) is 5.56 Å². The van der Waals surface area contributed by atoms with E-state index in [9.17, 15) is 4.79 Å². The Labute approximate surface area is 116 Å². The minimum absolute atomic E-state index is 0.104. The van der Waals surface area contributed by atoms with E-state index in [1.54, 1.807) is 0 Å². The van der Waals surface area contributed by atoms with Crippen molar-refractivity contribution in [1.29, 1.82) is 0 Å². The van der Waals surface area contributed by atoms with Crippen molar-refractivity contribution in [2.24, 2.45) is 11.7 Å². The minimum atomic E-state index is 0.104. The molecule has 3 nitrogen and oxygen atoms in total. The minimum Gasteiger partial charge on any atom is -0.338 e. The molecule has 18 heavy (non-hydrogen) atoms. The van der Waals surface area contributed by atoms with Crippen LogP contribution in [0.4, 0.5) is 0 Å². The van der Waals surface area contributed by atoms with Crippen LogP contribution in [0.3, 0.4) is 0 Å². The Balaban J connectivity index is 2.12. The first kappa shape index (κ1) is 13.6. The first-order valence-electron chi connectivity index (χ1n) is 6.39. The maximum absolute atomic E-state index is 12.4. The normalized spacial score (nSPS) is 21.7. The molecule has 1 heterocycles. The van der Waals surface area contributed by atoms with Gasteiger partial charge in [0.2, 0.25) is 0 Å². The van der Waals surface area contributed by atoms with Gasteiger partial charge in [0.15, 0.2) is 0 Å². The molecule has 4 heteroatoms. The number of carbonyl (C=O) groups excluding carboxylic acids is 1. The van der Waals surface area contributed by atoms with Crippen molar-refractivity contribution in [3.63, 3.8) is 0 Å². The van der Waals surface area contributed by atoms with E-state index >= 15 is 0 Å². The van der Waals surface area contributed by atoms with Crippen LogP contribution < -0.4 is 5.73 Å². The smallest absolute Gasteiger partial charge is 0.255 e. The van der Waals surface area contributed by atoms with Crippen molar-refractivity contribution >= 4 is 21.8 Å². The van der Waals surface area contributed by atoms with Gasteiger partial charge < -0.3 is 10.6 Å². The number of likely N-dealkylation sites (tertiary alicyclic amines) is 1. The number of nitrogens with zero attached hydrogens (tertiary/aromatic N) is 1. The van der Waals surface area contributed by atoms with E-state index in [4.69, 9.17) is 5.73 Å². The van der Waals surface area contributed by atoms with Crippen molar-refractivity contribution in [2.75, 3.05) is 13.1 Å². The average Bonchev–Trinajstić information content (AvgIpc) is 2.38. The Morgan fingerprint density at radius 3 is 2.89 bits per heavy atom. The lowest BCUT2D eigenvalue weighted by Gasteiger charge is -2.34. The maximum atomic E-state index is 12.4. The molecule has 2 atom stereocenters. The highest BCUT2D eigenvalue weighted by molar-refractivity contribution is 9.10. The summed E-state index contributed by atoms with van der Waals surface area (Å²) in [7, 11) is 0. The van der Waals surface area contributed by atoms with E-state index in [0.29, 0.717) is 5.92 Å². The molecule has 2 unspecified atom stereocenters. The van der Waals surface area contributed by atoms with Gasteiger partial charge in [-0.25, -0.2) is 0 Å². The number of carbonyl (C=O) groups is 1. The summed E-state index contributed by atoms with van der Waals surface area (Å²) in [6, 6.07) is 7.73. The molecule has 1 aliphatic rings. The second-order valence-electron chi connectivity index (χ2n) is 4.99. The van der Waals surface area contributed by atoms with Crippen molar-refractivity contribution in [2.45, 2.75) is 25.8 Å². The second kappa shape index (κ2) is 5.85. The molecular formula is C14H19BrN2O. The molecule has 0 saturated carbocycles. The number of benzene rings is 1. The van der Waals surface area contributed by atoms with Crippen LogP contribution in [0.1, 0.15) is 30.1 Å². The average molecular weight is 311 g/mol. The summed E-state index contributed by atoms with van der Waals surface area (Å²) < 4.78 is 0.859. The first-order valence-corrected chi connectivity index (χ1v) is 7.18. The predicted molar refractivity (Wildman–Crippen MR) is 76.4 cm³/mol. The van der Waals surface area contributed by atoms with Crippen molar-refractivity contribution < 1.29 is 4.79 Å². The van der Waals surface area contributed by atoms with Crippen LogP contribution in [0.5, 0.6) is 0 Å². The molecule has 2 N–H and O–H groups in total. The third kappa shape index (κ3) is 2.93. The molecule has 1 amide bonds. The molecule has 0 radical (unpaired) electrons. The molecule has 2 rings (SSSR count). The van der Waals surface area contributed by atoms with E-state index in [1.165, 1.54) is 0 Å². The molecule has 1 fully saturated rings. The number of piperidine rings is 1. The van der Waals surface area contributed by atoms with Gasteiger partial charge in [-0.15, -0.1) is 0 Å². The largest absolute Gasteiger partial charge is 0.338 e. The monoisotopic (exact) mass is 310 g/mol. The number of hydrogen-bond acceptors (Lipinski definition) is 2. The summed E-state index contributed by atoms with van der Waals surface area (Å²) in [5.41, 5.74) is 6.69. The van der Waals surface area contributed by atoms with Gasteiger partial charge in [0, 0.05) is 23.6 Å². The number of nitrogens with two attached hydrogens (primary N) is 1. The number of amides is 1. The van der Waals surface area contributed by atoms with Crippen LogP contribution in [0.15, 0.2) is 28.7 Å². The molecule has 1 aromatic rings. The molecular weight excluding hydrogens is 292 g/mol. The van der Waals surface area contributed by atoms with Crippen LogP contribution in [0.25, 0.3) is 0 Å². The topological polar surface area (TPSA) is 46.3 Å². The summed E-state index contributed by atoms with van der Waals surface area (Å²) >= 11 is 3.44. The van der Waals surface area contributed by atoms with Gasteiger partial charge >= 0.3 is 0 Å². The summed E-state index contributed by atoms with van der Waals surface area (Å²) in [5, 5.41) is 0. The Kier molecular flexibility index (Phi) is 4.40. The molecule has 0 bridgehead atoms. The molecule has 1 aliphatic heterocycles. The molecule has 98 valence electrons. The molecule has 1 aromatic carbocycles. The van der Waals surface area contributed by atoms with Crippen molar-refractivity contribution in [1.82, 2.24) is 4.90 Å². The van der Waals surface area contributed by atoms with Crippen LogP contribution in [-0.4, -0.2) is 29.9 Å². The van der Waals surface area contributed by atoms with Gasteiger partial charge in [-0.3, -0.25) is 4.79 Å². The SMILES string of the molecule is CC(N)C1CCCN(C(=O)c2ccccc2Br)C1. The Morgan fingerprint density at radius 1 is 1.50 bits per heavy atom. The van der Waals surface area contributed by atoms with Crippen LogP contribution in [0, 0.1) is 5.92 Å². The Bertz CT molecular complexity index is 434. The fourth-order valence-electron chi connectivity index (χ4n) is 2.43. The predicted octanol–water partition coefficient (Wildman–Crippen LogP) is 2.65. The third-order valence-corrected chi connectivity index (χ3v) is 4.28. The molecule has 1 saturated heterocycles. The Hall–Kier alpha value is -0.870. The number of hydrogen-bond donors (Lipinski definition) is 1. The van der Waals surface area contributed by atoms with E-state index < -0.39 is 0 Å². The zero-order valence-electron chi connectivity index (χ0n) is 10.6. The quantitative estimate of drug-likeness (QED) is 0.913. The van der Waals surface area contributed by atoms with Crippen LogP contribution in [-0.2, 0) is 0 Å². The van der Waals surface area contributed by atoms with Gasteiger partial charge in [-0.1, -0.05) is 12.1 Å².